The molecule has 5 heteroatoms. The Kier molecular flexibility index (Phi) is 9.59. The Morgan fingerprint density at radius 2 is 2.00 bits per heavy atom. The van der Waals surface area contributed by atoms with Gasteiger partial charge in [-0.3, -0.25) is 4.99 Å². The van der Waals surface area contributed by atoms with Gasteiger partial charge in [0.15, 0.2) is 5.96 Å². The molecule has 1 aliphatic heterocycles. The third-order valence-electron chi connectivity index (χ3n) is 2.55. The van der Waals surface area contributed by atoms with E-state index in [1.807, 2.05) is 11.8 Å². The molecule has 1 aliphatic rings. The molecule has 0 atom stereocenters. The van der Waals surface area contributed by atoms with Crippen molar-refractivity contribution < 1.29 is 0 Å². The van der Waals surface area contributed by atoms with Crippen LogP contribution in [0.3, 0.4) is 0 Å². The fourth-order valence-electron chi connectivity index (χ4n) is 1.59. The Morgan fingerprint density at radius 1 is 1.38 bits per heavy atom. The maximum Gasteiger partial charge on any atom is 0.191 e. The number of nitrogens with two attached hydrogens (primary N) is 1. The number of guanidine groups is 1. The van der Waals surface area contributed by atoms with Crippen molar-refractivity contribution >= 4 is 41.7 Å². The van der Waals surface area contributed by atoms with Crippen molar-refractivity contribution in [1.82, 2.24) is 4.90 Å². The first-order chi connectivity index (χ1) is 7.20. The predicted molar refractivity (Wildman–Crippen MR) is 84.9 cm³/mol. The summed E-state index contributed by atoms with van der Waals surface area (Å²) in [6.07, 6.45) is 2.40. The molecule has 0 unspecified atom stereocenters. The zero-order valence-corrected chi connectivity index (χ0v) is 13.5. The maximum atomic E-state index is 5.93. The number of rotatable bonds is 4. The van der Waals surface area contributed by atoms with Gasteiger partial charge in [0.05, 0.1) is 0 Å². The van der Waals surface area contributed by atoms with Crippen molar-refractivity contribution in [3.63, 3.8) is 0 Å². The molecular weight excluding hydrogens is 333 g/mol. The molecule has 0 spiro atoms. The van der Waals surface area contributed by atoms with Crippen molar-refractivity contribution in [2.75, 3.05) is 31.1 Å². The first-order valence-corrected chi connectivity index (χ1v) is 6.98. The molecule has 0 aromatic rings. The summed E-state index contributed by atoms with van der Waals surface area (Å²) in [4.78, 5) is 6.63. The minimum absolute atomic E-state index is 0. The molecule has 0 saturated carbocycles. The molecule has 3 nitrogen and oxygen atoms in total. The molecule has 96 valence electrons. The molecule has 0 aromatic carbocycles. The average Bonchev–Trinajstić information content (AvgIpc) is 2.25. The lowest BCUT2D eigenvalue weighted by Crippen LogP contribution is -2.42. The van der Waals surface area contributed by atoms with Gasteiger partial charge in [-0.2, -0.15) is 11.8 Å². The predicted octanol–water partition coefficient (Wildman–Crippen LogP) is 2.40. The largest absolute Gasteiger partial charge is 0.370 e. The van der Waals surface area contributed by atoms with E-state index in [0.29, 0.717) is 0 Å². The van der Waals surface area contributed by atoms with Crippen molar-refractivity contribution in [1.29, 1.82) is 0 Å². The lowest BCUT2D eigenvalue weighted by atomic mass is 10.1. The topological polar surface area (TPSA) is 41.6 Å². The van der Waals surface area contributed by atoms with E-state index in [1.54, 1.807) is 0 Å². The third-order valence-corrected chi connectivity index (χ3v) is 3.49. The van der Waals surface area contributed by atoms with Gasteiger partial charge in [-0.1, -0.05) is 13.8 Å². The smallest absolute Gasteiger partial charge is 0.191 e. The van der Waals surface area contributed by atoms with Crippen LogP contribution in [0.4, 0.5) is 0 Å². The fourth-order valence-corrected chi connectivity index (χ4v) is 2.49. The molecule has 1 saturated heterocycles. The first kappa shape index (κ1) is 16.4. The highest BCUT2D eigenvalue weighted by Crippen LogP contribution is 2.09. The van der Waals surface area contributed by atoms with E-state index in [0.717, 1.165) is 37.9 Å². The number of hydrogen-bond acceptors (Lipinski definition) is 2. The second-order valence-corrected chi connectivity index (χ2v) is 5.60. The van der Waals surface area contributed by atoms with Crippen LogP contribution < -0.4 is 5.73 Å². The number of nitrogens with zero attached hydrogens (tertiary/aromatic N) is 2. The highest BCUT2D eigenvalue weighted by molar-refractivity contribution is 14.0. The third kappa shape index (κ3) is 6.83. The molecule has 0 bridgehead atoms. The summed E-state index contributed by atoms with van der Waals surface area (Å²) in [5, 5.41) is 0. The molecule has 0 radical (unpaired) electrons. The van der Waals surface area contributed by atoms with E-state index in [4.69, 9.17) is 5.73 Å². The zero-order chi connectivity index (χ0) is 11.1. The second-order valence-electron chi connectivity index (χ2n) is 4.38. The molecule has 1 fully saturated rings. The standard InChI is InChI=1S/C11H23N3S.HI/c1-10(2)4-3-5-13-11(12)14-6-8-15-9-7-14;/h10H,3-9H2,1-2H3,(H2,12,13);1H. The van der Waals surface area contributed by atoms with Gasteiger partial charge in [0.25, 0.3) is 0 Å². The van der Waals surface area contributed by atoms with Crippen molar-refractivity contribution in [2.45, 2.75) is 26.7 Å². The highest BCUT2D eigenvalue weighted by Gasteiger charge is 2.11. The Labute approximate surface area is 121 Å². The lowest BCUT2D eigenvalue weighted by molar-refractivity contribution is 0.454. The molecule has 1 heterocycles. The Bertz CT molecular complexity index is 203. The Balaban J connectivity index is 0.00000225. The number of thioether (sulfide) groups is 1. The summed E-state index contributed by atoms with van der Waals surface area (Å²) >= 11 is 2.00. The molecule has 1 rings (SSSR count). The molecular formula is C11H24IN3S. The average molecular weight is 357 g/mol. The van der Waals surface area contributed by atoms with Crippen LogP contribution in [0.5, 0.6) is 0 Å². The molecule has 16 heavy (non-hydrogen) atoms. The van der Waals surface area contributed by atoms with Gasteiger partial charge in [0, 0.05) is 31.1 Å². The van der Waals surface area contributed by atoms with Gasteiger partial charge < -0.3 is 10.6 Å². The van der Waals surface area contributed by atoms with E-state index in [9.17, 15) is 0 Å². The van der Waals surface area contributed by atoms with E-state index in [-0.39, 0.29) is 24.0 Å². The SMILES string of the molecule is CC(C)CCCN=C(N)N1CCSCC1.I. The van der Waals surface area contributed by atoms with Crippen molar-refractivity contribution in [3.8, 4) is 0 Å². The Hall–Kier alpha value is 0.350. The van der Waals surface area contributed by atoms with Crippen LogP contribution in [0.25, 0.3) is 0 Å². The number of halogens is 1. The summed E-state index contributed by atoms with van der Waals surface area (Å²) in [6, 6.07) is 0. The lowest BCUT2D eigenvalue weighted by Gasteiger charge is -2.27. The van der Waals surface area contributed by atoms with Crippen LogP contribution in [0.1, 0.15) is 26.7 Å². The van der Waals surface area contributed by atoms with E-state index >= 15 is 0 Å². The van der Waals surface area contributed by atoms with E-state index in [1.165, 1.54) is 17.9 Å². The van der Waals surface area contributed by atoms with Gasteiger partial charge in [-0.05, 0) is 18.8 Å². The number of aliphatic imine (C=N–C) groups is 1. The fraction of sp³-hybridized carbons (Fsp3) is 0.909. The van der Waals surface area contributed by atoms with Crippen LogP contribution in [0, 0.1) is 5.92 Å². The van der Waals surface area contributed by atoms with Crippen LogP contribution >= 0.6 is 35.7 Å². The van der Waals surface area contributed by atoms with Crippen LogP contribution in [-0.2, 0) is 0 Å². The number of hydrogen-bond donors (Lipinski definition) is 1. The molecule has 0 aromatic heterocycles. The van der Waals surface area contributed by atoms with E-state index in [2.05, 4.69) is 23.7 Å². The van der Waals surface area contributed by atoms with Gasteiger partial charge in [0.2, 0.25) is 0 Å². The minimum Gasteiger partial charge on any atom is -0.370 e. The highest BCUT2D eigenvalue weighted by atomic mass is 127. The van der Waals surface area contributed by atoms with Crippen molar-refractivity contribution in [2.24, 2.45) is 16.6 Å². The quantitative estimate of drug-likeness (QED) is 0.364. The van der Waals surface area contributed by atoms with Crippen LogP contribution in [-0.4, -0.2) is 42.0 Å². The van der Waals surface area contributed by atoms with Crippen LogP contribution in [0.2, 0.25) is 0 Å². The summed E-state index contributed by atoms with van der Waals surface area (Å²) in [7, 11) is 0. The zero-order valence-electron chi connectivity index (χ0n) is 10.3. The van der Waals surface area contributed by atoms with Gasteiger partial charge in [0.1, 0.15) is 0 Å². The summed E-state index contributed by atoms with van der Waals surface area (Å²) in [5.41, 5.74) is 5.93. The Morgan fingerprint density at radius 3 is 2.56 bits per heavy atom. The summed E-state index contributed by atoms with van der Waals surface area (Å²) in [6.45, 7) is 7.49. The molecule has 0 aliphatic carbocycles. The first-order valence-electron chi connectivity index (χ1n) is 5.82. The van der Waals surface area contributed by atoms with E-state index < -0.39 is 0 Å². The van der Waals surface area contributed by atoms with Gasteiger partial charge >= 0.3 is 0 Å². The summed E-state index contributed by atoms with van der Waals surface area (Å²) < 4.78 is 0. The molecule has 2 N–H and O–H groups in total. The van der Waals surface area contributed by atoms with Gasteiger partial charge in [-0.15, -0.1) is 24.0 Å². The monoisotopic (exact) mass is 357 g/mol. The maximum absolute atomic E-state index is 5.93. The summed E-state index contributed by atoms with van der Waals surface area (Å²) in [5.74, 6) is 3.89. The second kappa shape index (κ2) is 9.39. The normalized spacial score (nSPS) is 17.4. The minimum atomic E-state index is 0. The van der Waals surface area contributed by atoms with Gasteiger partial charge in [-0.25, -0.2) is 0 Å². The molecule has 0 amide bonds. The van der Waals surface area contributed by atoms with Crippen LogP contribution in [0.15, 0.2) is 4.99 Å². The van der Waals surface area contributed by atoms with Crippen molar-refractivity contribution in [3.05, 3.63) is 0 Å².